The van der Waals surface area contributed by atoms with Crippen LogP contribution in [0.15, 0.2) is 54.6 Å². The maximum atomic E-state index is 12.9. The van der Waals surface area contributed by atoms with Crippen LogP contribution in [0.3, 0.4) is 0 Å². The summed E-state index contributed by atoms with van der Waals surface area (Å²) < 4.78 is 45.8. The van der Waals surface area contributed by atoms with Crippen LogP contribution in [0.1, 0.15) is 44.9 Å². The van der Waals surface area contributed by atoms with Gasteiger partial charge in [0.05, 0.1) is 31.7 Å². The van der Waals surface area contributed by atoms with Crippen molar-refractivity contribution in [1.29, 1.82) is 0 Å². The number of aromatic nitrogens is 2. The van der Waals surface area contributed by atoms with Crippen molar-refractivity contribution in [1.82, 2.24) is 18.8 Å². The topological polar surface area (TPSA) is 76.2 Å². The first-order chi connectivity index (χ1) is 19.6. The van der Waals surface area contributed by atoms with Crippen molar-refractivity contribution in [2.24, 2.45) is 5.73 Å². The van der Waals surface area contributed by atoms with E-state index in [1.54, 1.807) is 28.9 Å². The van der Waals surface area contributed by atoms with Gasteiger partial charge >= 0.3 is 6.18 Å². The lowest BCUT2D eigenvalue weighted by Gasteiger charge is -2.14. The molecule has 0 saturated carbocycles. The van der Waals surface area contributed by atoms with Crippen molar-refractivity contribution in [3.63, 3.8) is 0 Å². The summed E-state index contributed by atoms with van der Waals surface area (Å²) in [5, 5.41) is 5.34. The zero-order valence-corrected chi connectivity index (χ0v) is 24.4. The third-order valence-corrected chi connectivity index (χ3v) is 8.69. The minimum Gasteiger partial charge on any atom is -0.364 e. The largest absolute Gasteiger partial charge is 0.416 e. The molecule has 0 aliphatic carbocycles. The Morgan fingerprint density at radius 1 is 1.07 bits per heavy atom. The van der Waals surface area contributed by atoms with Gasteiger partial charge < -0.3 is 5.73 Å². The van der Waals surface area contributed by atoms with E-state index in [2.05, 4.69) is 26.0 Å². The predicted molar refractivity (Wildman–Crippen MR) is 158 cm³/mol. The number of amides is 1. The van der Waals surface area contributed by atoms with Crippen molar-refractivity contribution in [3.05, 3.63) is 91.9 Å². The first kappa shape index (κ1) is 29.5. The van der Waals surface area contributed by atoms with E-state index >= 15 is 0 Å². The number of nitrogens with zero attached hydrogens (tertiary/aromatic N) is 3. The van der Waals surface area contributed by atoms with Crippen molar-refractivity contribution in [2.75, 3.05) is 13.1 Å². The summed E-state index contributed by atoms with van der Waals surface area (Å²) >= 11 is 15.5. The minimum absolute atomic E-state index is 0.103. The molecule has 0 radical (unpaired) electrons. The first-order valence-corrected chi connectivity index (χ1v) is 14.8. The number of carbonyl (C=O) groups excluding carboxylic acids is 1. The molecule has 5 rings (SSSR count). The maximum Gasteiger partial charge on any atom is 0.416 e. The average Bonchev–Trinajstić information content (AvgIpc) is 3.68. The van der Waals surface area contributed by atoms with Gasteiger partial charge in [-0.15, -0.1) is 11.3 Å². The molecule has 0 atom stereocenters. The second-order valence-corrected chi connectivity index (χ2v) is 12.0. The number of primary amides is 1. The monoisotopic (exact) mass is 635 g/mol. The highest BCUT2D eigenvalue weighted by Crippen LogP contribution is 2.37. The third-order valence-electron chi connectivity index (χ3n) is 6.24. The summed E-state index contributed by atoms with van der Waals surface area (Å²) in [5.74, 6) is 5.24. The predicted octanol–water partition coefficient (Wildman–Crippen LogP) is 7.17. The Morgan fingerprint density at radius 2 is 1.80 bits per heavy atom. The number of benzene rings is 2. The number of nitrogens with two attached hydrogens (primary N) is 1. The SMILES string of the molecule is NC(=O)c1nn(-c2ccc(Cl)cc2Cl)c(-c2ccc(C#Cc3ccc(C(F)(F)F)cc3)s2)c1CNSN1CCCC1. The van der Waals surface area contributed by atoms with Crippen LogP contribution in [0.5, 0.6) is 0 Å². The van der Waals surface area contributed by atoms with E-state index < -0.39 is 17.6 Å². The number of halogens is 5. The van der Waals surface area contributed by atoms with Gasteiger partial charge in [-0.25, -0.2) is 13.7 Å². The van der Waals surface area contributed by atoms with Gasteiger partial charge in [0.25, 0.3) is 5.91 Å². The van der Waals surface area contributed by atoms with Crippen molar-refractivity contribution in [2.45, 2.75) is 25.6 Å². The zero-order valence-electron chi connectivity index (χ0n) is 21.3. The molecular weight excluding hydrogens is 614 g/mol. The van der Waals surface area contributed by atoms with E-state index in [0.29, 0.717) is 44.0 Å². The van der Waals surface area contributed by atoms with Crippen LogP contribution in [-0.2, 0) is 12.7 Å². The van der Waals surface area contributed by atoms with Gasteiger partial charge in [0.1, 0.15) is 0 Å². The van der Waals surface area contributed by atoms with Gasteiger partial charge in [-0.3, -0.25) is 4.79 Å². The smallest absolute Gasteiger partial charge is 0.364 e. The Hall–Kier alpha value is -2.98. The van der Waals surface area contributed by atoms with Crippen LogP contribution in [0.4, 0.5) is 13.2 Å². The summed E-state index contributed by atoms with van der Waals surface area (Å²) in [6, 6.07) is 13.3. The molecule has 0 bridgehead atoms. The minimum atomic E-state index is -4.41. The Balaban J connectivity index is 1.52. The molecule has 4 aromatic rings. The van der Waals surface area contributed by atoms with Crippen LogP contribution in [0.25, 0.3) is 16.3 Å². The highest BCUT2D eigenvalue weighted by Gasteiger charge is 2.30. The fourth-order valence-electron chi connectivity index (χ4n) is 4.28. The lowest BCUT2D eigenvalue weighted by Crippen LogP contribution is -2.20. The Labute approximate surface area is 252 Å². The average molecular weight is 637 g/mol. The molecule has 1 saturated heterocycles. The van der Waals surface area contributed by atoms with Crippen LogP contribution >= 0.6 is 46.7 Å². The normalized spacial score (nSPS) is 13.8. The summed E-state index contributed by atoms with van der Waals surface area (Å²) in [6.45, 7) is 2.24. The number of nitrogens with one attached hydrogen (secondary N) is 1. The Bertz CT molecular complexity index is 1640. The number of hydrogen-bond donors (Lipinski definition) is 2. The molecule has 6 nitrogen and oxygen atoms in total. The van der Waals surface area contributed by atoms with Gasteiger partial charge in [-0.05, 0) is 67.4 Å². The molecule has 3 N–H and O–H groups in total. The fraction of sp³-hybridized carbons (Fsp3) is 0.214. The van der Waals surface area contributed by atoms with Gasteiger partial charge in [0.2, 0.25) is 0 Å². The molecule has 0 unspecified atom stereocenters. The molecule has 1 aliphatic heterocycles. The molecular formula is C28H22Cl2F3N5OS2. The standard InChI is InChI=1S/C28H22Cl2F3N5OS2/c29-19-8-11-23(22(30)15-19)38-26(21(25(36-38)27(34)39)16-35-41-37-13-1-2-14-37)24-12-10-20(40-24)9-5-17-3-6-18(7-4-17)28(31,32)33/h3-4,6-8,10-12,15,35H,1-2,13-14,16H2,(H2,34,39). The van der Waals surface area contributed by atoms with E-state index in [-0.39, 0.29) is 5.69 Å². The number of thiophene rings is 1. The first-order valence-electron chi connectivity index (χ1n) is 12.4. The van der Waals surface area contributed by atoms with Gasteiger partial charge in [0.15, 0.2) is 5.69 Å². The van der Waals surface area contributed by atoms with Crippen LogP contribution < -0.4 is 10.5 Å². The Morgan fingerprint density at radius 3 is 2.46 bits per heavy atom. The summed E-state index contributed by atoms with van der Waals surface area (Å²) in [6.07, 6.45) is -2.15. The van der Waals surface area contributed by atoms with Crippen molar-refractivity contribution < 1.29 is 18.0 Å². The Kier molecular flexibility index (Phi) is 8.99. The van der Waals surface area contributed by atoms with E-state index in [4.69, 9.17) is 28.9 Å². The third kappa shape index (κ3) is 6.92. The molecule has 1 amide bonds. The van der Waals surface area contributed by atoms with Gasteiger partial charge in [-0.1, -0.05) is 35.0 Å². The quantitative estimate of drug-likeness (QED) is 0.166. The van der Waals surface area contributed by atoms with Crippen LogP contribution in [-0.4, -0.2) is 33.1 Å². The fourth-order valence-corrected chi connectivity index (χ4v) is 6.52. The second kappa shape index (κ2) is 12.5. The molecule has 1 fully saturated rings. The molecule has 2 aromatic carbocycles. The van der Waals surface area contributed by atoms with Crippen molar-refractivity contribution in [3.8, 4) is 28.1 Å². The van der Waals surface area contributed by atoms with E-state index in [1.807, 2.05) is 6.07 Å². The van der Waals surface area contributed by atoms with E-state index in [9.17, 15) is 18.0 Å². The van der Waals surface area contributed by atoms with Gasteiger partial charge in [0, 0.05) is 47.9 Å². The highest BCUT2D eigenvalue weighted by molar-refractivity contribution is 7.95. The molecule has 0 spiro atoms. The second-order valence-electron chi connectivity index (χ2n) is 9.09. The molecule has 212 valence electrons. The molecule has 3 heterocycles. The highest BCUT2D eigenvalue weighted by atomic mass is 35.5. The molecule has 13 heteroatoms. The summed E-state index contributed by atoms with van der Waals surface area (Å²) in [4.78, 5) is 13.9. The number of carbonyl (C=O) groups is 1. The number of alkyl halides is 3. The summed E-state index contributed by atoms with van der Waals surface area (Å²) in [5.41, 5.74) is 7.31. The van der Waals surface area contributed by atoms with E-state index in [0.717, 1.165) is 42.9 Å². The number of hydrogen-bond acceptors (Lipinski definition) is 6. The zero-order chi connectivity index (χ0) is 29.1. The summed E-state index contributed by atoms with van der Waals surface area (Å²) in [7, 11) is 0. The number of rotatable bonds is 7. The maximum absolute atomic E-state index is 12.9. The molecule has 1 aliphatic rings. The van der Waals surface area contributed by atoms with Crippen LogP contribution in [0, 0.1) is 11.8 Å². The van der Waals surface area contributed by atoms with Gasteiger partial charge in [-0.2, -0.15) is 18.3 Å². The molecule has 41 heavy (non-hydrogen) atoms. The van der Waals surface area contributed by atoms with Crippen molar-refractivity contribution >= 4 is 52.6 Å². The van der Waals surface area contributed by atoms with E-state index in [1.165, 1.54) is 35.6 Å². The van der Waals surface area contributed by atoms with Crippen LogP contribution in [0.2, 0.25) is 10.0 Å². The lowest BCUT2D eigenvalue weighted by atomic mass is 10.1. The lowest BCUT2D eigenvalue weighted by molar-refractivity contribution is -0.137. The molecule has 2 aromatic heterocycles.